The van der Waals surface area contributed by atoms with Gasteiger partial charge in [-0.05, 0) is 89.4 Å². The van der Waals surface area contributed by atoms with E-state index in [4.69, 9.17) is 9.47 Å². The van der Waals surface area contributed by atoms with Gasteiger partial charge < -0.3 is 14.4 Å². The van der Waals surface area contributed by atoms with Crippen LogP contribution in [-0.2, 0) is 14.3 Å². The third-order valence-electron chi connectivity index (χ3n) is 7.23. The summed E-state index contributed by atoms with van der Waals surface area (Å²) in [6.07, 6.45) is 0.837. The molecule has 0 aliphatic heterocycles. The van der Waals surface area contributed by atoms with Gasteiger partial charge in [-0.15, -0.1) is 21.6 Å². The Morgan fingerprint density at radius 3 is 2.24 bits per heavy atom. The SMILES string of the molecule is Cc1cc(N(CCC(C)OCCC(C)OC(=O)c2ccccc2C(=O)O[NH3+])C(C)C)ccc1N=Nc1sc(C#N)c(C)c1C#N. The minimum absolute atomic E-state index is 0.0299. The van der Waals surface area contributed by atoms with Crippen LogP contribution >= 0.6 is 11.3 Å². The number of hydrogen-bond acceptors (Lipinski definition) is 11. The predicted molar refractivity (Wildman–Crippen MR) is 171 cm³/mol. The van der Waals surface area contributed by atoms with E-state index in [-0.39, 0.29) is 23.3 Å². The topological polar surface area (TPSA) is 165 Å². The Hall–Kier alpha value is -4.62. The molecule has 12 heteroatoms. The van der Waals surface area contributed by atoms with Crippen molar-refractivity contribution in [2.75, 3.05) is 18.1 Å². The number of esters is 1. The highest BCUT2D eigenvalue weighted by atomic mass is 32.1. The molecule has 2 atom stereocenters. The highest BCUT2D eigenvalue weighted by Crippen LogP contribution is 2.36. The van der Waals surface area contributed by atoms with Crippen LogP contribution in [-0.4, -0.2) is 43.3 Å². The molecule has 0 saturated heterocycles. The molecule has 0 amide bonds. The van der Waals surface area contributed by atoms with Crippen LogP contribution in [0.1, 0.15) is 82.8 Å². The van der Waals surface area contributed by atoms with E-state index in [9.17, 15) is 20.1 Å². The number of azo groups is 1. The van der Waals surface area contributed by atoms with Crippen LogP contribution in [0.3, 0.4) is 0 Å². The van der Waals surface area contributed by atoms with Gasteiger partial charge in [0.2, 0.25) is 0 Å². The summed E-state index contributed by atoms with van der Waals surface area (Å²) in [7, 11) is 0. The molecular weight excluding hydrogens is 592 g/mol. The molecule has 45 heavy (non-hydrogen) atoms. The van der Waals surface area contributed by atoms with Gasteiger partial charge in [-0.2, -0.15) is 16.4 Å². The number of carbonyl (C=O) groups excluding carboxylic acids is 2. The molecule has 0 radical (unpaired) electrons. The lowest BCUT2D eigenvalue weighted by Gasteiger charge is -2.30. The molecule has 2 aromatic carbocycles. The summed E-state index contributed by atoms with van der Waals surface area (Å²) in [5.41, 5.74) is 3.93. The van der Waals surface area contributed by atoms with E-state index in [0.29, 0.717) is 39.7 Å². The fourth-order valence-electron chi connectivity index (χ4n) is 4.58. The van der Waals surface area contributed by atoms with Crippen LogP contribution in [0.2, 0.25) is 0 Å². The molecule has 1 heterocycles. The van der Waals surface area contributed by atoms with Gasteiger partial charge in [0, 0.05) is 24.7 Å². The van der Waals surface area contributed by atoms with Gasteiger partial charge in [0.25, 0.3) is 0 Å². The highest BCUT2D eigenvalue weighted by molar-refractivity contribution is 7.16. The van der Waals surface area contributed by atoms with Crippen LogP contribution in [0, 0.1) is 36.5 Å². The van der Waals surface area contributed by atoms with E-state index in [1.165, 1.54) is 12.1 Å². The van der Waals surface area contributed by atoms with Crippen molar-refractivity contribution in [3.63, 3.8) is 0 Å². The summed E-state index contributed by atoms with van der Waals surface area (Å²) >= 11 is 1.16. The number of rotatable bonds is 14. The van der Waals surface area contributed by atoms with Crippen molar-refractivity contribution >= 4 is 39.7 Å². The Balaban J connectivity index is 1.53. The average Bonchev–Trinajstić information content (AvgIpc) is 3.33. The van der Waals surface area contributed by atoms with Gasteiger partial charge >= 0.3 is 11.9 Å². The minimum Gasteiger partial charge on any atom is -0.459 e. The van der Waals surface area contributed by atoms with Crippen LogP contribution < -0.4 is 10.8 Å². The molecule has 2 unspecified atom stereocenters. The third-order valence-corrected chi connectivity index (χ3v) is 8.32. The van der Waals surface area contributed by atoms with E-state index in [1.807, 2.05) is 26.0 Å². The number of anilines is 1. The second kappa shape index (κ2) is 16.5. The van der Waals surface area contributed by atoms with Crippen molar-refractivity contribution in [1.29, 1.82) is 10.5 Å². The summed E-state index contributed by atoms with van der Waals surface area (Å²) in [5, 5.41) is 27.8. The van der Waals surface area contributed by atoms with Gasteiger partial charge in [0.1, 0.15) is 23.1 Å². The largest absolute Gasteiger partial charge is 0.459 e. The van der Waals surface area contributed by atoms with E-state index in [2.05, 4.69) is 57.9 Å². The van der Waals surface area contributed by atoms with Gasteiger partial charge in [-0.25, -0.2) is 9.59 Å². The second-order valence-corrected chi connectivity index (χ2v) is 11.9. The summed E-state index contributed by atoms with van der Waals surface area (Å²) in [6, 6.07) is 16.7. The van der Waals surface area contributed by atoms with Gasteiger partial charge in [0.15, 0.2) is 5.00 Å². The number of benzene rings is 2. The summed E-state index contributed by atoms with van der Waals surface area (Å²) in [6.45, 7) is 12.9. The Bertz CT molecular complexity index is 1620. The lowest BCUT2D eigenvalue weighted by Crippen LogP contribution is -2.51. The van der Waals surface area contributed by atoms with E-state index in [0.717, 1.165) is 35.6 Å². The molecule has 0 bridgehead atoms. The summed E-state index contributed by atoms with van der Waals surface area (Å²) < 4.78 is 11.6. The number of thiophene rings is 1. The second-order valence-electron chi connectivity index (χ2n) is 10.9. The maximum Gasteiger partial charge on any atom is 0.397 e. The molecule has 1 aromatic heterocycles. The fraction of sp³-hybridized carbons (Fsp3) is 0.394. The zero-order chi connectivity index (χ0) is 33.1. The van der Waals surface area contributed by atoms with Gasteiger partial charge in [-0.3, -0.25) is 4.84 Å². The maximum absolute atomic E-state index is 12.6. The van der Waals surface area contributed by atoms with Crippen molar-refractivity contribution in [3.8, 4) is 12.1 Å². The highest BCUT2D eigenvalue weighted by Gasteiger charge is 2.22. The zero-order valence-corrected chi connectivity index (χ0v) is 27.3. The molecule has 0 spiro atoms. The molecule has 236 valence electrons. The van der Waals surface area contributed by atoms with E-state index < -0.39 is 18.0 Å². The first-order valence-corrected chi connectivity index (χ1v) is 15.4. The molecule has 0 aliphatic rings. The number of ether oxygens (including phenoxy) is 2. The molecule has 3 aromatic rings. The number of hydrogen-bond donors (Lipinski definition) is 1. The quantitative estimate of drug-likeness (QED) is 0.120. The van der Waals surface area contributed by atoms with Crippen LogP contribution in [0.15, 0.2) is 52.7 Å². The molecular formula is C33H39N6O5S+. The monoisotopic (exact) mass is 631 g/mol. The van der Waals surface area contributed by atoms with E-state index >= 15 is 0 Å². The molecule has 11 nitrogen and oxygen atoms in total. The number of carbonyl (C=O) groups is 2. The molecule has 3 N–H and O–H groups in total. The van der Waals surface area contributed by atoms with Crippen LogP contribution in [0.25, 0.3) is 0 Å². The zero-order valence-electron chi connectivity index (χ0n) is 26.5. The summed E-state index contributed by atoms with van der Waals surface area (Å²) in [5.74, 6) is 1.82. The van der Waals surface area contributed by atoms with Crippen molar-refractivity contribution in [2.24, 2.45) is 10.2 Å². The van der Waals surface area contributed by atoms with Crippen molar-refractivity contribution < 1.29 is 29.8 Å². The van der Waals surface area contributed by atoms with E-state index in [1.54, 1.807) is 26.0 Å². The first-order chi connectivity index (χ1) is 21.5. The number of nitriles is 2. The van der Waals surface area contributed by atoms with Crippen molar-refractivity contribution in [2.45, 2.75) is 72.6 Å². The molecule has 0 fully saturated rings. The Labute approximate surface area is 267 Å². The smallest absolute Gasteiger partial charge is 0.397 e. The summed E-state index contributed by atoms with van der Waals surface area (Å²) in [4.78, 5) is 31.8. The third kappa shape index (κ3) is 9.19. The standard InChI is InChI=1S/C33H39N6O5S/c1-20(2)39(25-11-12-29(21(3)17-25)37-38-31-28(18-34)24(6)30(19-35)45-31)15-13-22(4)42-16-14-23(5)43-32(40)26-9-7-8-10-27(26)33(41)44-36/h7-12,17,20,22-23H,13-16H2,1-6,36H3/q+1. The van der Waals surface area contributed by atoms with Gasteiger partial charge in [-0.1, -0.05) is 12.1 Å². The lowest BCUT2D eigenvalue weighted by molar-refractivity contribution is -0.653. The maximum atomic E-state index is 12.6. The predicted octanol–water partition coefficient (Wildman–Crippen LogP) is 6.48. The molecule has 3 rings (SSSR count). The van der Waals surface area contributed by atoms with Crippen LogP contribution in [0.4, 0.5) is 16.4 Å². The number of nitrogens with zero attached hydrogens (tertiary/aromatic N) is 5. The Morgan fingerprint density at radius 1 is 0.956 bits per heavy atom. The minimum atomic E-state index is -0.699. The Morgan fingerprint density at radius 2 is 1.64 bits per heavy atom. The normalized spacial score (nSPS) is 12.4. The fourth-order valence-corrected chi connectivity index (χ4v) is 5.46. The van der Waals surface area contributed by atoms with Crippen molar-refractivity contribution in [1.82, 2.24) is 0 Å². The van der Waals surface area contributed by atoms with Crippen molar-refractivity contribution in [3.05, 3.63) is 75.2 Å². The number of quaternary nitrogens is 1. The molecule has 0 aliphatic carbocycles. The first kappa shape index (κ1) is 34.9. The Kier molecular flexibility index (Phi) is 12.7. The van der Waals surface area contributed by atoms with Gasteiger partial charge in [0.05, 0.1) is 35.1 Å². The molecule has 0 saturated carbocycles. The number of aryl methyl sites for hydroxylation is 1. The van der Waals surface area contributed by atoms with Crippen LogP contribution in [0.5, 0.6) is 0 Å². The lowest BCUT2D eigenvalue weighted by atomic mass is 10.1. The average molecular weight is 632 g/mol. The first-order valence-electron chi connectivity index (χ1n) is 14.6.